The number of likely N-dealkylation sites (tertiary alicyclic amines) is 1. The van der Waals surface area contributed by atoms with E-state index in [1.165, 1.54) is 6.39 Å². The van der Waals surface area contributed by atoms with Crippen LogP contribution in [0.4, 0.5) is 0 Å². The maximum absolute atomic E-state index is 13.1. The van der Waals surface area contributed by atoms with Crippen LogP contribution in [0.2, 0.25) is 0 Å². The topological polar surface area (TPSA) is 59.2 Å². The first-order valence-corrected chi connectivity index (χ1v) is 8.74. The number of amides is 1. The van der Waals surface area contributed by atoms with E-state index < -0.39 is 0 Å². The highest BCUT2D eigenvalue weighted by atomic mass is 32.2. The van der Waals surface area contributed by atoms with Crippen LogP contribution in [-0.2, 0) is 0 Å². The van der Waals surface area contributed by atoms with Gasteiger partial charge in [0.1, 0.15) is 0 Å². The summed E-state index contributed by atoms with van der Waals surface area (Å²) in [4.78, 5) is 20.2. The van der Waals surface area contributed by atoms with Gasteiger partial charge in [-0.05, 0) is 31.2 Å². The molecule has 22 heavy (non-hydrogen) atoms. The van der Waals surface area contributed by atoms with Gasteiger partial charge in [-0.25, -0.2) is 0 Å². The second kappa shape index (κ2) is 6.96. The normalized spacial score (nSPS) is 19.0. The number of rotatable bonds is 3. The van der Waals surface area contributed by atoms with Gasteiger partial charge >= 0.3 is 0 Å². The van der Waals surface area contributed by atoms with Crippen molar-refractivity contribution in [1.82, 2.24) is 15.0 Å². The summed E-state index contributed by atoms with van der Waals surface area (Å²) in [7, 11) is 0. The van der Waals surface area contributed by atoms with Gasteiger partial charge in [-0.3, -0.25) is 4.79 Å². The van der Waals surface area contributed by atoms with E-state index in [1.807, 2.05) is 35.4 Å². The van der Waals surface area contributed by atoms with Crippen molar-refractivity contribution >= 4 is 17.7 Å². The molecule has 1 atom stereocenters. The SMILES string of the molecule is CSc1ccccc1C(=O)N1CCCCCC1c1ncon1. The number of hydrogen-bond acceptors (Lipinski definition) is 5. The predicted octanol–water partition coefficient (Wildman–Crippen LogP) is 3.55. The summed E-state index contributed by atoms with van der Waals surface area (Å²) in [6, 6.07) is 7.66. The molecule has 1 fully saturated rings. The van der Waals surface area contributed by atoms with Gasteiger partial charge in [-0.1, -0.05) is 30.1 Å². The van der Waals surface area contributed by atoms with Crippen molar-refractivity contribution in [3.8, 4) is 0 Å². The van der Waals surface area contributed by atoms with E-state index in [-0.39, 0.29) is 11.9 Å². The van der Waals surface area contributed by atoms with Crippen molar-refractivity contribution in [2.24, 2.45) is 0 Å². The molecule has 0 bridgehead atoms. The zero-order valence-corrected chi connectivity index (χ0v) is 13.4. The van der Waals surface area contributed by atoms with Crippen molar-refractivity contribution in [2.75, 3.05) is 12.8 Å². The number of nitrogens with zero attached hydrogens (tertiary/aromatic N) is 3. The Morgan fingerprint density at radius 1 is 1.32 bits per heavy atom. The third-order valence-corrected chi connectivity index (χ3v) is 4.82. The van der Waals surface area contributed by atoms with Gasteiger partial charge in [0.05, 0.1) is 11.6 Å². The Kier molecular flexibility index (Phi) is 4.77. The van der Waals surface area contributed by atoms with Crippen molar-refractivity contribution in [3.63, 3.8) is 0 Å². The lowest BCUT2D eigenvalue weighted by molar-refractivity contribution is 0.0667. The fourth-order valence-electron chi connectivity index (χ4n) is 2.92. The zero-order chi connectivity index (χ0) is 15.4. The highest BCUT2D eigenvalue weighted by molar-refractivity contribution is 7.98. The van der Waals surface area contributed by atoms with E-state index in [1.54, 1.807) is 11.8 Å². The largest absolute Gasteiger partial charge is 0.343 e. The summed E-state index contributed by atoms with van der Waals surface area (Å²) in [5.41, 5.74) is 0.755. The van der Waals surface area contributed by atoms with E-state index >= 15 is 0 Å². The van der Waals surface area contributed by atoms with E-state index in [9.17, 15) is 4.79 Å². The van der Waals surface area contributed by atoms with Crippen LogP contribution in [-0.4, -0.2) is 33.7 Å². The van der Waals surface area contributed by atoms with Crippen LogP contribution in [0, 0.1) is 0 Å². The highest BCUT2D eigenvalue weighted by Crippen LogP contribution is 2.31. The lowest BCUT2D eigenvalue weighted by Crippen LogP contribution is -2.35. The van der Waals surface area contributed by atoms with E-state index in [0.29, 0.717) is 5.82 Å². The summed E-state index contributed by atoms with van der Waals surface area (Å²) >= 11 is 1.59. The first-order valence-electron chi connectivity index (χ1n) is 7.51. The smallest absolute Gasteiger partial charge is 0.255 e. The Labute approximate surface area is 134 Å². The van der Waals surface area contributed by atoms with Gasteiger partial charge in [-0.15, -0.1) is 11.8 Å². The quantitative estimate of drug-likeness (QED) is 0.810. The number of aromatic nitrogens is 2. The molecule has 5 nitrogen and oxygen atoms in total. The molecule has 0 N–H and O–H groups in total. The monoisotopic (exact) mass is 317 g/mol. The predicted molar refractivity (Wildman–Crippen MR) is 84.8 cm³/mol. The van der Waals surface area contributed by atoms with Gasteiger partial charge in [0.2, 0.25) is 6.39 Å². The average molecular weight is 317 g/mol. The van der Waals surface area contributed by atoms with Crippen LogP contribution in [0.3, 0.4) is 0 Å². The molecule has 1 aromatic carbocycles. The molecular formula is C16H19N3O2S. The Hall–Kier alpha value is -1.82. The molecule has 3 rings (SSSR count). The molecule has 1 aromatic heterocycles. The van der Waals surface area contributed by atoms with Crippen LogP contribution in [0.15, 0.2) is 40.1 Å². The Bertz CT molecular complexity index is 630. The highest BCUT2D eigenvalue weighted by Gasteiger charge is 2.31. The molecule has 1 unspecified atom stereocenters. The number of thioether (sulfide) groups is 1. The van der Waals surface area contributed by atoms with Gasteiger partial charge in [-0.2, -0.15) is 4.98 Å². The molecule has 1 aliphatic heterocycles. The number of benzene rings is 1. The standard InChI is InChI=1S/C16H19N3O2S/c1-22-14-9-5-4-7-12(14)16(20)19-10-6-2-3-8-13(19)15-17-11-21-18-15/h4-5,7,9,11,13H,2-3,6,8,10H2,1H3. The second-order valence-electron chi connectivity index (χ2n) is 5.35. The molecule has 2 heterocycles. The maximum Gasteiger partial charge on any atom is 0.255 e. The fourth-order valence-corrected chi connectivity index (χ4v) is 3.51. The second-order valence-corrected chi connectivity index (χ2v) is 6.20. The molecule has 1 aliphatic rings. The van der Waals surface area contributed by atoms with Crippen molar-refractivity contribution in [2.45, 2.75) is 36.6 Å². The summed E-state index contributed by atoms with van der Waals surface area (Å²) in [5, 5.41) is 3.97. The molecule has 2 aromatic rings. The minimum atomic E-state index is -0.0938. The van der Waals surface area contributed by atoms with Crippen LogP contribution in [0.1, 0.15) is 47.9 Å². The first kappa shape index (κ1) is 15.1. The van der Waals surface area contributed by atoms with E-state index in [2.05, 4.69) is 10.1 Å². The molecule has 0 spiro atoms. The summed E-state index contributed by atoms with van der Waals surface area (Å²) < 4.78 is 4.88. The minimum Gasteiger partial charge on any atom is -0.343 e. The summed E-state index contributed by atoms with van der Waals surface area (Å²) in [6.07, 6.45) is 7.42. The molecule has 6 heteroatoms. The molecule has 0 aliphatic carbocycles. The van der Waals surface area contributed by atoms with Crippen LogP contribution < -0.4 is 0 Å². The van der Waals surface area contributed by atoms with Gasteiger partial charge in [0.25, 0.3) is 5.91 Å². The number of hydrogen-bond donors (Lipinski definition) is 0. The molecule has 0 saturated carbocycles. The minimum absolute atomic E-state index is 0.0571. The van der Waals surface area contributed by atoms with Crippen LogP contribution >= 0.6 is 11.8 Å². The van der Waals surface area contributed by atoms with Crippen LogP contribution in [0.5, 0.6) is 0 Å². The van der Waals surface area contributed by atoms with E-state index in [0.717, 1.165) is 42.7 Å². The third kappa shape index (κ3) is 3.02. The molecule has 1 saturated heterocycles. The maximum atomic E-state index is 13.1. The van der Waals surface area contributed by atoms with Crippen molar-refractivity contribution in [3.05, 3.63) is 42.0 Å². The Morgan fingerprint density at radius 2 is 2.18 bits per heavy atom. The first-order chi connectivity index (χ1) is 10.8. The lowest BCUT2D eigenvalue weighted by Gasteiger charge is -2.28. The molecule has 116 valence electrons. The Morgan fingerprint density at radius 3 is 2.95 bits per heavy atom. The summed E-state index contributed by atoms with van der Waals surface area (Å²) in [6.45, 7) is 0.737. The fraction of sp³-hybridized carbons (Fsp3) is 0.438. The van der Waals surface area contributed by atoms with Gasteiger partial charge in [0, 0.05) is 11.4 Å². The lowest BCUT2D eigenvalue weighted by atomic mass is 10.1. The van der Waals surface area contributed by atoms with Crippen molar-refractivity contribution in [1.29, 1.82) is 0 Å². The zero-order valence-electron chi connectivity index (χ0n) is 12.6. The summed E-state index contributed by atoms with van der Waals surface area (Å²) in [5.74, 6) is 0.665. The number of carbonyl (C=O) groups is 1. The molecular weight excluding hydrogens is 298 g/mol. The third-order valence-electron chi connectivity index (χ3n) is 4.03. The van der Waals surface area contributed by atoms with E-state index in [4.69, 9.17) is 4.52 Å². The average Bonchev–Trinajstić information content (AvgIpc) is 2.98. The van der Waals surface area contributed by atoms with Gasteiger partial charge < -0.3 is 9.42 Å². The van der Waals surface area contributed by atoms with Crippen LogP contribution in [0.25, 0.3) is 0 Å². The molecule has 0 radical (unpaired) electrons. The Balaban J connectivity index is 1.93. The van der Waals surface area contributed by atoms with Gasteiger partial charge in [0.15, 0.2) is 5.82 Å². The number of carbonyl (C=O) groups excluding carboxylic acids is 1. The molecule has 1 amide bonds. The van der Waals surface area contributed by atoms with Crippen molar-refractivity contribution < 1.29 is 9.32 Å².